The highest BCUT2D eigenvalue weighted by atomic mass is 14.6. The maximum absolute atomic E-state index is 2.54. The SMILES string of the molecule is CC1=CC2C(C1)[C@@H]1C=C[C@@]2(C)C1. The van der Waals surface area contributed by atoms with Crippen LogP contribution < -0.4 is 0 Å². The van der Waals surface area contributed by atoms with Crippen molar-refractivity contribution >= 4 is 0 Å². The molecule has 0 N–H and O–H groups in total. The molecular weight excluding hydrogens is 144 g/mol. The van der Waals surface area contributed by atoms with Gasteiger partial charge in [-0.05, 0) is 42.9 Å². The standard InChI is InChI=1S/C12H16/c1-8-5-10-9-3-4-12(2,7-9)11(10)6-8/h3-4,6,9-11H,5,7H2,1-2H3/t9-,10?,11?,12+/m1/s1. The van der Waals surface area contributed by atoms with Crippen molar-refractivity contribution in [3.8, 4) is 0 Å². The Balaban J connectivity index is 2.05. The monoisotopic (exact) mass is 160 g/mol. The zero-order valence-corrected chi connectivity index (χ0v) is 7.88. The second-order valence-corrected chi connectivity index (χ2v) is 5.14. The molecule has 0 aliphatic heterocycles. The van der Waals surface area contributed by atoms with Crippen LogP contribution >= 0.6 is 0 Å². The first-order chi connectivity index (χ1) is 5.69. The zero-order chi connectivity index (χ0) is 8.34. The van der Waals surface area contributed by atoms with E-state index in [9.17, 15) is 0 Å². The first-order valence-corrected chi connectivity index (χ1v) is 5.06. The van der Waals surface area contributed by atoms with E-state index in [0.29, 0.717) is 5.41 Å². The Morgan fingerprint density at radius 2 is 2.33 bits per heavy atom. The number of allylic oxidation sites excluding steroid dienone is 4. The average Bonchev–Trinajstić information content (AvgIpc) is 2.57. The fraction of sp³-hybridized carbons (Fsp3) is 0.667. The lowest BCUT2D eigenvalue weighted by molar-refractivity contribution is 0.317. The van der Waals surface area contributed by atoms with Crippen molar-refractivity contribution in [2.75, 3.05) is 0 Å². The first kappa shape index (κ1) is 6.94. The van der Waals surface area contributed by atoms with Crippen molar-refractivity contribution in [1.82, 2.24) is 0 Å². The predicted molar refractivity (Wildman–Crippen MR) is 50.7 cm³/mol. The summed E-state index contributed by atoms with van der Waals surface area (Å²) in [5, 5.41) is 0. The van der Waals surface area contributed by atoms with Gasteiger partial charge in [0, 0.05) is 0 Å². The van der Waals surface area contributed by atoms with Crippen LogP contribution in [0.3, 0.4) is 0 Å². The van der Waals surface area contributed by atoms with E-state index in [0.717, 1.165) is 17.8 Å². The normalized spacial score (nSPS) is 54.5. The van der Waals surface area contributed by atoms with Gasteiger partial charge in [0.2, 0.25) is 0 Å². The Labute approximate surface area is 74.4 Å². The highest BCUT2D eigenvalue weighted by Gasteiger charge is 2.52. The molecule has 1 saturated carbocycles. The van der Waals surface area contributed by atoms with E-state index in [1.165, 1.54) is 12.8 Å². The fourth-order valence-electron chi connectivity index (χ4n) is 3.62. The van der Waals surface area contributed by atoms with E-state index >= 15 is 0 Å². The van der Waals surface area contributed by atoms with E-state index < -0.39 is 0 Å². The van der Waals surface area contributed by atoms with Gasteiger partial charge in [-0.3, -0.25) is 0 Å². The van der Waals surface area contributed by atoms with Gasteiger partial charge in [0.1, 0.15) is 0 Å². The molecule has 4 atom stereocenters. The maximum Gasteiger partial charge on any atom is -0.00749 e. The average molecular weight is 160 g/mol. The molecule has 0 aromatic rings. The molecule has 12 heavy (non-hydrogen) atoms. The molecule has 64 valence electrons. The van der Waals surface area contributed by atoms with E-state index in [1.54, 1.807) is 5.57 Å². The third kappa shape index (κ3) is 0.646. The van der Waals surface area contributed by atoms with E-state index in [4.69, 9.17) is 0 Å². The van der Waals surface area contributed by atoms with Crippen molar-refractivity contribution in [1.29, 1.82) is 0 Å². The van der Waals surface area contributed by atoms with Crippen LogP contribution in [0.4, 0.5) is 0 Å². The van der Waals surface area contributed by atoms with Gasteiger partial charge >= 0.3 is 0 Å². The number of hydrogen-bond acceptors (Lipinski definition) is 0. The van der Waals surface area contributed by atoms with Crippen molar-refractivity contribution < 1.29 is 0 Å². The van der Waals surface area contributed by atoms with Crippen LogP contribution in [0, 0.1) is 23.2 Å². The molecule has 0 aromatic carbocycles. The number of rotatable bonds is 0. The van der Waals surface area contributed by atoms with Crippen molar-refractivity contribution in [3.63, 3.8) is 0 Å². The van der Waals surface area contributed by atoms with Crippen LogP contribution in [0.1, 0.15) is 26.7 Å². The van der Waals surface area contributed by atoms with Gasteiger partial charge < -0.3 is 0 Å². The van der Waals surface area contributed by atoms with Crippen molar-refractivity contribution in [2.24, 2.45) is 23.2 Å². The van der Waals surface area contributed by atoms with Gasteiger partial charge in [0.15, 0.2) is 0 Å². The first-order valence-electron chi connectivity index (χ1n) is 5.06. The van der Waals surface area contributed by atoms with Crippen LogP contribution in [0.5, 0.6) is 0 Å². The molecular formula is C12H16. The molecule has 0 spiro atoms. The van der Waals surface area contributed by atoms with Gasteiger partial charge in [0.25, 0.3) is 0 Å². The Bertz CT molecular complexity index is 284. The minimum absolute atomic E-state index is 0.535. The molecule has 0 heterocycles. The largest absolute Gasteiger partial charge is 0.0845 e. The quantitative estimate of drug-likeness (QED) is 0.477. The van der Waals surface area contributed by atoms with Gasteiger partial charge in [-0.1, -0.05) is 30.7 Å². The molecule has 0 aromatic heterocycles. The summed E-state index contributed by atoms with van der Waals surface area (Å²) >= 11 is 0. The molecule has 3 aliphatic rings. The van der Waals surface area contributed by atoms with Gasteiger partial charge in [0.05, 0.1) is 0 Å². The van der Waals surface area contributed by atoms with Crippen LogP contribution in [-0.4, -0.2) is 0 Å². The molecule has 2 unspecified atom stereocenters. The molecule has 1 fully saturated rings. The zero-order valence-electron chi connectivity index (χ0n) is 7.88. The Morgan fingerprint density at radius 1 is 1.50 bits per heavy atom. The molecule has 0 amide bonds. The summed E-state index contributed by atoms with van der Waals surface area (Å²) < 4.78 is 0. The number of hydrogen-bond donors (Lipinski definition) is 0. The minimum Gasteiger partial charge on any atom is -0.0845 e. The Hall–Kier alpha value is -0.520. The van der Waals surface area contributed by atoms with E-state index in [-0.39, 0.29) is 0 Å². The van der Waals surface area contributed by atoms with Gasteiger partial charge in [-0.15, -0.1) is 0 Å². The van der Waals surface area contributed by atoms with Crippen LogP contribution in [0.15, 0.2) is 23.8 Å². The fourth-order valence-corrected chi connectivity index (χ4v) is 3.62. The summed E-state index contributed by atoms with van der Waals surface area (Å²) in [6.45, 7) is 4.73. The molecule has 3 aliphatic carbocycles. The van der Waals surface area contributed by atoms with Gasteiger partial charge in [-0.25, -0.2) is 0 Å². The maximum atomic E-state index is 2.54. The predicted octanol–water partition coefficient (Wildman–Crippen LogP) is 3.16. The minimum atomic E-state index is 0.535. The summed E-state index contributed by atoms with van der Waals surface area (Å²) in [5.41, 5.74) is 2.16. The molecule has 0 radical (unpaired) electrons. The summed E-state index contributed by atoms with van der Waals surface area (Å²) in [6.07, 6.45) is 10.3. The third-order valence-electron chi connectivity index (χ3n) is 4.19. The molecule has 0 nitrogen and oxygen atoms in total. The Kier molecular flexibility index (Phi) is 1.08. The molecule has 0 heteroatoms. The summed E-state index contributed by atoms with van der Waals surface area (Å²) in [5.74, 6) is 2.76. The summed E-state index contributed by atoms with van der Waals surface area (Å²) in [6, 6.07) is 0. The smallest absolute Gasteiger partial charge is 0.00749 e. The van der Waals surface area contributed by atoms with E-state index in [1.807, 2.05) is 0 Å². The summed E-state index contributed by atoms with van der Waals surface area (Å²) in [4.78, 5) is 0. The lowest BCUT2D eigenvalue weighted by Crippen LogP contribution is -2.20. The topological polar surface area (TPSA) is 0 Å². The number of fused-ring (bicyclic) bond motifs is 5. The van der Waals surface area contributed by atoms with E-state index in [2.05, 4.69) is 32.1 Å². The second kappa shape index (κ2) is 1.86. The lowest BCUT2D eigenvalue weighted by Gasteiger charge is -2.27. The molecule has 0 saturated heterocycles. The highest BCUT2D eigenvalue weighted by molar-refractivity contribution is 5.29. The Morgan fingerprint density at radius 3 is 3.08 bits per heavy atom. The van der Waals surface area contributed by atoms with Crippen LogP contribution in [0.2, 0.25) is 0 Å². The summed E-state index contributed by atoms with van der Waals surface area (Å²) in [7, 11) is 0. The van der Waals surface area contributed by atoms with Crippen LogP contribution in [-0.2, 0) is 0 Å². The molecule has 3 rings (SSSR count). The van der Waals surface area contributed by atoms with Crippen molar-refractivity contribution in [3.05, 3.63) is 23.8 Å². The lowest BCUT2D eigenvalue weighted by atomic mass is 9.77. The van der Waals surface area contributed by atoms with Gasteiger partial charge in [-0.2, -0.15) is 0 Å². The van der Waals surface area contributed by atoms with Crippen LogP contribution in [0.25, 0.3) is 0 Å². The van der Waals surface area contributed by atoms with Crippen molar-refractivity contribution in [2.45, 2.75) is 26.7 Å². The molecule has 2 bridgehead atoms. The second-order valence-electron chi connectivity index (χ2n) is 5.14. The highest BCUT2D eigenvalue weighted by Crippen LogP contribution is 2.60. The third-order valence-corrected chi connectivity index (χ3v) is 4.19.